The molecule has 1 aliphatic carbocycles. The highest BCUT2D eigenvalue weighted by Crippen LogP contribution is 2.32. The van der Waals surface area contributed by atoms with Crippen LogP contribution in [0.25, 0.3) is 0 Å². The van der Waals surface area contributed by atoms with E-state index in [9.17, 15) is 4.79 Å². The SMILES string of the molecule is COCc1cccc(CNC(=O)c2cc3c(s2)CCC(C)C3)c1. The van der Waals surface area contributed by atoms with E-state index in [-0.39, 0.29) is 5.91 Å². The van der Waals surface area contributed by atoms with Crippen molar-refractivity contribution in [3.63, 3.8) is 0 Å². The van der Waals surface area contributed by atoms with Crippen molar-refractivity contribution in [2.75, 3.05) is 7.11 Å². The minimum Gasteiger partial charge on any atom is -0.380 e. The summed E-state index contributed by atoms with van der Waals surface area (Å²) in [5.41, 5.74) is 3.60. The molecule has 1 heterocycles. The lowest BCUT2D eigenvalue weighted by Crippen LogP contribution is -2.21. The van der Waals surface area contributed by atoms with E-state index < -0.39 is 0 Å². The van der Waals surface area contributed by atoms with Crippen molar-refractivity contribution in [3.05, 3.63) is 56.8 Å². The Balaban J connectivity index is 1.62. The van der Waals surface area contributed by atoms with Crippen LogP contribution >= 0.6 is 11.3 Å². The minimum atomic E-state index is 0.0363. The van der Waals surface area contributed by atoms with Crippen molar-refractivity contribution in [1.29, 1.82) is 0 Å². The van der Waals surface area contributed by atoms with Crippen LogP contribution in [0.3, 0.4) is 0 Å². The molecule has 0 aliphatic heterocycles. The van der Waals surface area contributed by atoms with Gasteiger partial charge >= 0.3 is 0 Å². The molecule has 1 aromatic heterocycles. The van der Waals surface area contributed by atoms with E-state index in [0.717, 1.165) is 34.8 Å². The van der Waals surface area contributed by atoms with Crippen molar-refractivity contribution in [1.82, 2.24) is 5.32 Å². The zero-order valence-electron chi connectivity index (χ0n) is 13.7. The van der Waals surface area contributed by atoms with Crippen molar-refractivity contribution in [2.45, 2.75) is 39.3 Å². The predicted molar refractivity (Wildman–Crippen MR) is 93.8 cm³/mol. The first-order valence-corrected chi connectivity index (χ1v) is 8.94. The zero-order chi connectivity index (χ0) is 16.2. The van der Waals surface area contributed by atoms with Gasteiger partial charge in [0.1, 0.15) is 0 Å². The van der Waals surface area contributed by atoms with Gasteiger partial charge in [-0.15, -0.1) is 11.3 Å². The second-order valence-corrected chi connectivity index (χ2v) is 7.48. The van der Waals surface area contributed by atoms with Gasteiger partial charge in [0.2, 0.25) is 0 Å². The van der Waals surface area contributed by atoms with Crippen molar-refractivity contribution in [2.24, 2.45) is 5.92 Å². The summed E-state index contributed by atoms with van der Waals surface area (Å²) in [6.07, 6.45) is 3.46. The monoisotopic (exact) mass is 329 g/mol. The highest BCUT2D eigenvalue weighted by Gasteiger charge is 2.20. The Morgan fingerprint density at radius 1 is 1.35 bits per heavy atom. The van der Waals surface area contributed by atoms with Crippen LogP contribution in [0.5, 0.6) is 0 Å². The number of aryl methyl sites for hydroxylation is 1. The Labute approximate surface area is 141 Å². The minimum absolute atomic E-state index is 0.0363. The predicted octanol–water partition coefficient (Wildman–Crippen LogP) is 3.95. The number of carbonyl (C=O) groups is 1. The van der Waals surface area contributed by atoms with E-state index >= 15 is 0 Å². The molecule has 3 nitrogen and oxygen atoms in total. The van der Waals surface area contributed by atoms with Gasteiger partial charge in [0.25, 0.3) is 5.91 Å². The maximum absolute atomic E-state index is 12.4. The third-order valence-electron chi connectivity index (χ3n) is 4.31. The van der Waals surface area contributed by atoms with Crippen LogP contribution in [-0.2, 0) is 30.7 Å². The summed E-state index contributed by atoms with van der Waals surface area (Å²) in [5, 5.41) is 3.04. The molecule has 1 aliphatic rings. The normalized spacial score (nSPS) is 16.9. The highest BCUT2D eigenvalue weighted by atomic mass is 32.1. The standard InChI is InChI=1S/C19H23NO2S/c1-13-6-7-17-16(8-13)10-18(23-17)19(21)20-11-14-4-3-5-15(9-14)12-22-2/h3-5,9-10,13H,6-8,11-12H2,1-2H3,(H,20,21). The number of fused-ring (bicyclic) bond motifs is 1. The smallest absolute Gasteiger partial charge is 0.261 e. The average Bonchev–Trinajstić information content (AvgIpc) is 2.96. The van der Waals surface area contributed by atoms with Crippen molar-refractivity contribution >= 4 is 17.2 Å². The molecule has 0 fully saturated rings. The maximum Gasteiger partial charge on any atom is 0.261 e. The van der Waals surface area contributed by atoms with E-state index in [1.54, 1.807) is 18.4 Å². The third kappa shape index (κ3) is 4.01. The molecule has 23 heavy (non-hydrogen) atoms. The molecule has 1 amide bonds. The van der Waals surface area contributed by atoms with Crippen LogP contribution in [0, 0.1) is 5.92 Å². The van der Waals surface area contributed by atoms with Crippen LogP contribution in [0.4, 0.5) is 0 Å². The molecule has 0 saturated carbocycles. The van der Waals surface area contributed by atoms with E-state index in [1.807, 2.05) is 18.2 Å². The Morgan fingerprint density at radius 3 is 3.00 bits per heavy atom. The second kappa shape index (κ2) is 7.28. The first-order chi connectivity index (χ1) is 11.2. The summed E-state index contributed by atoms with van der Waals surface area (Å²) >= 11 is 1.66. The van der Waals surface area contributed by atoms with Crippen LogP contribution in [0.15, 0.2) is 30.3 Å². The number of rotatable bonds is 5. The van der Waals surface area contributed by atoms with E-state index in [0.29, 0.717) is 13.2 Å². The van der Waals surface area contributed by atoms with Gasteiger partial charge < -0.3 is 10.1 Å². The van der Waals surface area contributed by atoms with Gasteiger partial charge in [-0.2, -0.15) is 0 Å². The number of carbonyl (C=O) groups excluding carboxylic acids is 1. The number of amides is 1. The molecule has 1 aromatic carbocycles. The molecule has 1 unspecified atom stereocenters. The van der Waals surface area contributed by atoms with E-state index in [1.165, 1.54) is 16.9 Å². The number of thiophene rings is 1. The zero-order valence-corrected chi connectivity index (χ0v) is 14.5. The van der Waals surface area contributed by atoms with Crippen LogP contribution in [-0.4, -0.2) is 13.0 Å². The lowest BCUT2D eigenvalue weighted by Gasteiger charge is -2.16. The summed E-state index contributed by atoms with van der Waals surface area (Å²) < 4.78 is 5.15. The number of methoxy groups -OCH3 is 1. The molecule has 1 N–H and O–H groups in total. The summed E-state index contributed by atoms with van der Waals surface area (Å²) in [7, 11) is 1.69. The third-order valence-corrected chi connectivity index (χ3v) is 5.54. The topological polar surface area (TPSA) is 38.3 Å². The summed E-state index contributed by atoms with van der Waals surface area (Å²) in [4.78, 5) is 14.6. The van der Waals surface area contributed by atoms with Gasteiger partial charge in [0.15, 0.2) is 0 Å². The quantitative estimate of drug-likeness (QED) is 0.902. The first kappa shape index (κ1) is 16.2. The van der Waals surface area contributed by atoms with Crippen LogP contribution in [0.1, 0.15) is 44.6 Å². The van der Waals surface area contributed by atoms with Gasteiger partial charge in [-0.25, -0.2) is 0 Å². The highest BCUT2D eigenvalue weighted by molar-refractivity contribution is 7.14. The maximum atomic E-state index is 12.4. The molecule has 4 heteroatoms. The van der Waals surface area contributed by atoms with Crippen molar-refractivity contribution in [3.8, 4) is 0 Å². The number of ether oxygens (including phenoxy) is 1. The Bertz CT molecular complexity index is 692. The fourth-order valence-electron chi connectivity index (χ4n) is 3.08. The van der Waals surface area contributed by atoms with E-state index in [4.69, 9.17) is 4.74 Å². The van der Waals surface area contributed by atoms with Gasteiger partial charge in [0, 0.05) is 18.5 Å². The molecule has 0 radical (unpaired) electrons. The molecule has 3 rings (SSSR count). The number of hydrogen-bond acceptors (Lipinski definition) is 3. The molecule has 0 spiro atoms. The number of nitrogens with one attached hydrogen (secondary N) is 1. The summed E-state index contributed by atoms with van der Waals surface area (Å²) in [5.74, 6) is 0.769. The number of benzene rings is 1. The van der Waals surface area contributed by atoms with Crippen LogP contribution in [0.2, 0.25) is 0 Å². The molecular weight excluding hydrogens is 306 g/mol. The molecule has 2 aromatic rings. The molecule has 122 valence electrons. The van der Waals surface area contributed by atoms with Gasteiger partial charge in [-0.3, -0.25) is 4.79 Å². The van der Waals surface area contributed by atoms with Gasteiger partial charge in [0.05, 0.1) is 11.5 Å². The molecular formula is C19H23NO2S. The molecule has 0 saturated heterocycles. The lowest BCUT2D eigenvalue weighted by atomic mass is 9.90. The summed E-state index contributed by atoms with van der Waals surface area (Å²) in [6, 6.07) is 10.2. The van der Waals surface area contributed by atoms with E-state index in [2.05, 4.69) is 24.4 Å². The Morgan fingerprint density at radius 2 is 2.17 bits per heavy atom. The Hall–Kier alpha value is -1.65. The second-order valence-electron chi connectivity index (χ2n) is 6.34. The fourth-order valence-corrected chi connectivity index (χ4v) is 4.21. The average molecular weight is 329 g/mol. The lowest BCUT2D eigenvalue weighted by molar-refractivity contribution is 0.0955. The molecule has 0 bridgehead atoms. The Kier molecular flexibility index (Phi) is 5.13. The van der Waals surface area contributed by atoms with Gasteiger partial charge in [-0.05, 0) is 47.9 Å². The number of hydrogen-bond donors (Lipinski definition) is 1. The molecule has 1 atom stereocenters. The summed E-state index contributed by atoms with van der Waals surface area (Å²) in [6.45, 7) is 3.43. The fraction of sp³-hybridized carbons (Fsp3) is 0.421. The first-order valence-electron chi connectivity index (χ1n) is 8.12. The van der Waals surface area contributed by atoms with Crippen molar-refractivity contribution < 1.29 is 9.53 Å². The van der Waals surface area contributed by atoms with Crippen LogP contribution < -0.4 is 5.32 Å². The largest absolute Gasteiger partial charge is 0.380 e. The van der Waals surface area contributed by atoms with Gasteiger partial charge in [-0.1, -0.05) is 31.2 Å².